The Labute approximate surface area is 246 Å². The van der Waals surface area contributed by atoms with Crippen LogP contribution in [0.5, 0.6) is 5.75 Å². The van der Waals surface area contributed by atoms with Gasteiger partial charge in [0, 0.05) is 23.7 Å². The van der Waals surface area contributed by atoms with Gasteiger partial charge in [0.15, 0.2) is 18.0 Å². The Kier molecular flexibility index (Phi) is 8.50. The minimum absolute atomic E-state index is 0.107. The Hall–Kier alpha value is -3.60. The van der Waals surface area contributed by atoms with Gasteiger partial charge in [-0.05, 0) is 61.6 Å². The van der Waals surface area contributed by atoms with Crippen LogP contribution in [-0.2, 0) is 25.6 Å². The van der Waals surface area contributed by atoms with Crippen LogP contribution in [0.2, 0.25) is 5.02 Å². The van der Waals surface area contributed by atoms with Gasteiger partial charge < -0.3 is 24.4 Å². The Morgan fingerprint density at radius 2 is 1.74 bits per heavy atom. The van der Waals surface area contributed by atoms with E-state index in [0.29, 0.717) is 22.7 Å². The molecule has 11 heteroatoms. The third-order valence-electron chi connectivity index (χ3n) is 7.21. The number of hydrogen-bond donors (Lipinski definition) is 1. The number of alkyl halides is 3. The fourth-order valence-corrected chi connectivity index (χ4v) is 5.60. The number of carbonyl (C=O) groups excluding carboxylic acids is 2. The summed E-state index contributed by atoms with van der Waals surface area (Å²) in [5, 5.41) is 3.38. The molecule has 2 fully saturated rings. The summed E-state index contributed by atoms with van der Waals surface area (Å²) < 4.78 is 54.4. The maximum Gasteiger partial charge on any atom is 0.573 e. The first-order valence-electron chi connectivity index (χ1n) is 13.5. The minimum atomic E-state index is -4.81. The van der Waals surface area contributed by atoms with Crippen LogP contribution in [0.1, 0.15) is 43.9 Å². The number of nitrogens with zero attached hydrogens (tertiary/aromatic N) is 1. The van der Waals surface area contributed by atoms with Crippen molar-refractivity contribution < 1.29 is 37.0 Å². The van der Waals surface area contributed by atoms with Gasteiger partial charge in [0.1, 0.15) is 5.75 Å². The van der Waals surface area contributed by atoms with E-state index in [2.05, 4.69) is 10.1 Å². The topological polar surface area (TPSA) is 77.1 Å². The van der Waals surface area contributed by atoms with E-state index >= 15 is 0 Å². The number of benzene rings is 3. The molecular weight excluding hydrogens is 573 g/mol. The number of carbonyl (C=O) groups is 2. The SMILES string of the molecule is CC1(C)O[C@@H](C(=O)NCc2ccc(-c3ccccc3OC(F)(F)F)cc2)[C@H](C(=O)N2CCC[C@@H]2c2cccc(Cl)c2)O1. The fourth-order valence-electron chi connectivity index (χ4n) is 5.40. The maximum atomic E-state index is 13.7. The predicted molar refractivity (Wildman–Crippen MR) is 149 cm³/mol. The Morgan fingerprint density at radius 1 is 1.02 bits per heavy atom. The molecule has 0 aliphatic carbocycles. The molecular formula is C31H30ClF3N2O5. The Balaban J connectivity index is 1.26. The molecule has 0 radical (unpaired) electrons. The minimum Gasteiger partial charge on any atom is -0.405 e. The van der Waals surface area contributed by atoms with E-state index in [4.69, 9.17) is 21.1 Å². The first-order valence-corrected chi connectivity index (χ1v) is 13.9. The number of nitrogens with one attached hydrogen (secondary N) is 1. The molecule has 2 saturated heterocycles. The summed E-state index contributed by atoms with van der Waals surface area (Å²) in [7, 11) is 0. The summed E-state index contributed by atoms with van der Waals surface area (Å²) in [6.45, 7) is 3.93. The number of amides is 2. The summed E-state index contributed by atoms with van der Waals surface area (Å²) in [5.74, 6) is -2.29. The lowest BCUT2D eigenvalue weighted by Gasteiger charge is -2.28. The highest BCUT2D eigenvalue weighted by atomic mass is 35.5. The van der Waals surface area contributed by atoms with Crippen LogP contribution in [0.3, 0.4) is 0 Å². The molecule has 1 N–H and O–H groups in total. The van der Waals surface area contributed by atoms with Crippen molar-refractivity contribution in [1.82, 2.24) is 10.2 Å². The average molecular weight is 603 g/mol. The summed E-state index contributed by atoms with van der Waals surface area (Å²) in [6, 6.07) is 19.7. The maximum absolute atomic E-state index is 13.7. The van der Waals surface area contributed by atoms with Crippen LogP contribution < -0.4 is 10.1 Å². The van der Waals surface area contributed by atoms with Gasteiger partial charge >= 0.3 is 6.36 Å². The molecule has 0 saturated carbocycles. The number of halogens is 4. The quantitative estimate of drug-likeness (QED) is 0.338. The molecule has 42 heavy (non-hydrogen) atoms. The standard InChI is InChI=1S/C31H30ClF3N2O5/c1-30(2)41-26(27(42-30)29(39)37-16-6-10-24(37)21-7-5-8-22(32)17-21)28(38)36-18-19-12-14-20(15-13-19)23-9-3-4-11-25(23)40-31(33,34)35/h3-5,7-9,11-15,17,24,26-27H,6,10,16,18H2,1-2H3,(H,36,38)/t24-,26-,27-/m1/s1. The molecule has 3 aromatic carbocycles. The molecule has 5 rings (SSSR count). The first-order chi connectivity index (χ1) is 19.9. The van der Waals surface area contributed by atoms with Crippen molar-refractivity contribution in [3.8, 4) is 16.9 Å². The van der Waals surface area contributed by atoms with Gasteiger partial charge in [-0.1, -0.05) is 66.2 Å². The number of ether oxygens (including phenoxy) is 3. The van der Waals surface area contributed by atoms with Gasteiger partial charge in [-0.15, -0.1) is 13.2 Å². The van der Waals surface area contributed by atoms with E-state index in [1.807, 2.05) is 18.2 Å². The smallest absolute Gasteiger partial charge is 0.405 e. The summed E-state index contributed by atoms with van der Waals surface area (Å²) >= 11 is 6.19. The lowest BCUT2D eigenvalue weighted by molar-refractivity contribution is -0.274. The summed E-state index contributed by atoms with van der Waals surface area (Å²) in [6.07, 6.45) is -5.54. The van der Waals surface area contributed by atoms with E-state index in [0.717, 1.165) is 18.4 Å². The van der Waals surface area contributed by atoms with Crippen molar-refractivity contribution in [3.05, 3.63) is 88.9 Å². The van der Waals surface area contributed by atoms with Crippen molar-refractivity contribution in [3.63, 3.8) is 0 Å². The largest absolute Gasteiger partial charge is 0.573 e. The predicted octanol–water partition coefficient (Wildman–Crippen LogP) is 6.41. The van der Waals surface area contributed by atoms with Crippen molar-refractivity contribution in [2.45, 2.75) is 63.6 Å². The number of para-hydroxylation sites is 1. The monoisotopic (exact) mass is 602 g/mol. The zero-order valence-electron chi connectivity index (χ0n) is 23.0. The molecule has 2 heterocycles. The molecule has 7 nitrogen and oxygen atoms in total. The lowest BCUT2D eigenvalue weighted by Crippen LogP contribution is -2.49. The second-order valence-corrected chi connectivity index (χ2v) is 11.1. The van der Waals surface area contributed by atoms with Gasteiger partial charge in [-0.2, -0.15) is 0 Å². The average Bonchev–Trinajstić information content (AvgIpc) is 3.56. The van der Waals surface area contributed by atoms with Gasteiger partial charge in [-0.3, -0.25) is 9.59 Å². The highest BCUT2D eigenvalue weighted by Crippen LogP contribution is 2.37. The summed E-state index contributed by atoms with van der Waals surface area (Å²) in [5.41, 5.74) is 2.42. The van der Waals surface area contributed by atoms with Gasteiger partial charge in [-0.25, -0.2) is 0 Å². The lowest BCUT2D eigenvalue weighted by atomic mass is 10.0. The van der Waals surface area contributed by atoms with E-state index in [1.165, 1.54) is 18.2 Å². The molecule has 0 bridgehead atoms. The van der Waals surface area contributed by atoms with Crippen molar-refractivity contribution in [1.29, 1.82) is 0 Å². The number of hydrogen-bond acceptors (Lipinski definition) is 5. The molecule has 0 unspecified atom stereocenters. The third-order valence-corrected chi connectivity index (χ3v) is 7.45. The van der Waals surface area contributed by atoms with E-state index < -0.39 is 30.3 Å². The van der Waals surface area contributed by atoms with Crippen LogP contribution in [-0.4, -0.2) is 47.6 Å². The molecule has 0 aromatic heterocycles. The van der Waals surface area contributed by atoms with Gasteiger partial charge in [0.25, 0.3) is 11.8 Å². The van der Waals surface area contributed by atoms with Crippen molar-refractivity contribution in [2.24, 2.45) is 0 Å². The highest BCUT2D eigenvalue weighted by Gasteiger charge is 2.51. The zero-order chi connectivity index (χ0) is 30.1. The van der Waals surface area contributed by atoms with Crippen LogP contribution in [0.15, 0.2) is 72.8 Å². The van der Waals surface area contributed by atoms with Gasteiger partial charge in [0.2, 0.25) is 0 Å². The van der Waals surface area contributed by atoms with Crippen LogP contribution in [0, 0.1) is 0 Å². The van der Waals surface area contributed by atoms with E-state index in [-0.39, 0.29) is 29.8 Å². The second kappa shape index (κ2) is 11.9. The number of likely N-dealkylation sites (tertiary alicyclic amines) is 1. The molecule has 3 aromatic rings. The van der Waals surface area contributed by atoms with Crippen molar-refractivity contribution in [2.75, 3.05) is 6.54 Å². The first kappa shape index (κ1) is 29.9. The summed E-state index contributed by atoms with van der Waals surface area (Å²) in [4.78, 5) is 28.7. The second-order valence-electron chi connectivity index (χ2n) is 10.7. The molecule has 2 aliphatic heterocycles. The van der Waals surface area contributed by atoms with Gasteiger partial charge in [0.05, 0.1) is 6.04 Å². The highest BCUT2D eigenvalue weighted by molar-refractivity contribution is 6.30. The molecule has 222 valence electrons. The molecule has 0 spiro atoms. The van der Waals surface area contributed by atoms with E-state index in [1.54, 1.807) is 55.1 Å². The molecule has 2 amide bonds. The normalized spacial score (nSPS) is 21.8. The molecule has 3 atom stereocenters. The third kappa shape index (κ3) is 6.88. The fraction of sp³-hybridized carbons (Fsp3) is 0.355. The van der Waals surface area contributed by atoms with Crippen LogP contribution in [0.4, 0.5) is 13.2 Å². The zero-order valence-corrected chi connectivity index (χ0v) is 23.7. The van der Waals surface area contributed by atoms with Crippen molar-refractivity contribution >= 4 is 23.4 Å². The Bertz CT molecular complexity index is 1450. The molecule has 2 aliphatic rings. The Morgan fingerprint density at radius 3 is 2.45 bits per heavy atom. The number of rotatable bonds is 7. The van der Waals surface area contributed by atoms with Crippen LogP contribution >= 0.6 is 11.6 Å². The van der Waals surface area contributed by atoms with Crippen LogP contribution in [0.25, 0.3) is 11.1 Å². The van der Waals surface area contributed by atoms with E-state index in [9.17, 15) is 22.8 Å².